The highest BCUT2D eigenvalue weighted by molar-refractivity contribution is 5.89. The second kappa shape index (κ2) is 7.07. The van der Waals surface area contributed by atoms with Gasteiger partial charge in [-0.1, -0.05) is 38.1 Å². The molecule has 1 N–H and O–H groups in total. The maximum atomic E-state index is 12.6. The summed E-state index contributed by atoms with van der Waals surface area (Å²) in [4.78, 5) is 14.5. The third kappa shape index (κ3) is 3.45. The van der Waals surface area contributed by atoms with Crippen LogP contribution in [0.3, 0.4) is 0 Å². The second-order valence-corrected chi connectivity index (χ2v) is 6.64. The lowest BCUT2D eigenvalue weighted by Crippen LogP contribution is -2.34. The van der Waals surface area contributed by atoms with Crippen molar-refractivity contribution in [3.63, 3.8) is 0 Å². The van der Waals surface area contributed by atoms with Gasteiger partial charge in [-0.15, -0.1) is 0 Å². The van der Waals surface area contributed by atoms with Crippen molar-refractivity contribution >= 4 is 11.7 Å². The van der Waals surface area contributed by atoms with Gasteiger partial charge in [-0.2, -0.15) is 0 Å². The molecule has 1 aliphatic rings. The largest absolute Gasteiger partial charge is 0.359 e. The van der Waals surface area contributed by atoms with Gasteiger partial charge < -0.3 is 14.7 Å². The van der Waals surface area contributed by atoms with Crippen molar-refractivity contribution in [2.24, 2.45) is 0 Å². The monoisotopic (exact) mass is 327 g/mol. The van der Waals surface area contributed by atoms with Crippen LogP contribution in [0.2, 0.25) is 0 Å². The number of carbonyl (C=O) groups excluding carboxylic acids is 1. The summed E-state index contributed by atoms with van der Waals surface area (Å²) in [6, 6.07) is 9.87. The molecule has 1 atom stereocenters. The fourth-order valence-electron chi connectivity index (χ4n) is 3.06. The zero-order valence-corrected chi connectivity index (χ0v) is 14.6. The Morgan fingerprint density at radius 3 is 2.75 bits per heavy atom. The third-order valence-corrected chi connectivity index (χ3v) is 4.59. The maximum absolute atomic E-state index is 12.6. The lowest BCUT2D eigenvalue weighted by Gasteiger charge is -2.23. The van der Waals surface area contributed by atoms with Gasteiger partial charge in [0.2, 0.25) is 0 Å². The van der Waals surface area contributed by atoms with Crippen LogP contribution in [0.4, 0.5) is 10.5 Å². The summed E-state index contributed by atoms with van der Waals surface area (Å²) < 4.78 is 5.50. The first-order chi connectivity index (χ1) is 11.6. The Balaban J connectivity index is 1.70. The number of benzene rings is 1. The van der Waals surface area contributed by atoms with Crippen molar-refractivity contribution in [1.82, 2.24) is 10.1 Å². The van der Waals surface area contributed by atoms with Crippen molar-refractivity contribution in [3.8, 4) is 0 Å². The molecule has 1 aromatic heterocycles. The molecule has 1 aliphatic heterocycles. The molecule has 0 saturated carbocycles. The van der Waals surface area contributed by atoms with E-state index in [1.807, 2.05) is 35.2 Å². The first kappa shape index (κ1) is 16.6. The van der Waals surface area contributed by atoms with Crippen molar-refractivity contribution in [2.45, 2.75) is 52.0 Å². The molecule has 2 amide bonds. The van der Waals surface area contributed by atoms with Gasteiger partial charge in [0.25, 0.3) is 0 Å². The molecule has 0 radical (unpaired) electrons. The molecule has 24 heavy (non-hydrogen) atoms. The summed E-state index contributed by atoms with van der Waals surface area (Å²) in [5.74, 6) is 1.11. The summed E-state index contributed by atoms with van der Waals surface area (Å²) in [5.41, 5.74) is 3.02. The molecule has 3 rings (SSSR count). The Bertz CT molecular complexity index is 691. The van der Waals surface area contributed by atoms with E-state index in [0.29, 0.717) is 5.92 Å². The molecule has 5 heteroatoms. The lowest BCUT2D eigenvalue weighted by atomic mass is 10.1. The number of nitrogens with one attached hydrogen (secondary N) is 1. The Morgan fingerprint density at radius 1 is 1.38 bits per heavy atom. The minimum atomic E-state index is -0.0794. The Morgan fingerprint density at radius 2 is 2.12 bits per heavy atom. The highest BCUT2D eigenvalue weighted by Gasteiger charge is 2.33. The van der Waals surface area contributed by atoms with Gasteiger partial charge in [-0.05, 0) is 42.9 Å². The van der Waals surface area contributed by atoms with Crippen LogP contribution in [0.25, 0.3) is 0 Å². The minimum Gasteiger partial charge on any atom is -0.359 e. The molecule has 2 aromatic rings. The SMILES string of the molecule is CCc1ccc(NC(=O)N2CCC[C@H]2c2cc(C(C)C)no2)cc1. The molecule has 1 aromatic carbocycles. The van der Waals surface area contributed by atoms with Crippen LogP contribution in [0.15, 0.2) is 34.9 Å². The van der Waals surface area contributed by atoms with Gasteiger partial charge in [0.15, 0.2) is 5.76 Å². The van der Waals surface area contributed by atoms with E-state index in [2.05, 4.69) is 31.2 Å². The number of aryl methyl sites for hydroxylation is 1. The number of aromatic nitrogens is 1. The molecule has 0 aliphatic carbocycles. The fourth-order valence-corrected chi connectivity index (χ4v) is 3.06. The molecule has 5 nitrogen and oxygen atoms in total. The highest BCUT2D eigenvalue weighted by Crippen LogP contribution is 2.33. The van der Waals surface area contributed by atoms with E-state index in [1.54, 1.807) is 0 Å². The predicted molar refractivity (Wildman–Crippen MR) is 94.1 cm³/mol. The number of likely N-dealkylation sites (tertiary alicyclic amines) is 1. The molecule has 0 unspecified atom stereocenters. The number of carbonyl (C=O) groups is 1. The van der Waals surface area contributed by atoms with Crippen molar-refractivity contribution in [1.29, 1.82) is 0 Å². The van der Waals surface area contributed by atoms with E-state index in [1.165, 1.54) is 5.56 Å². The topological polar surface area (TPSA) is 58.4 Å². The quantitative estimate of drug-likeness (QED) is 0.883. The van der Waals surface area contributed by atoms with Crippen LogP contribution in [0.5, 0.6) is 0 Å². The first-order valence-electron chi connectivity index (χ1n) is 8.71. The number of nitrogens with zero attached hydrogens (tertiary/aromatic N) is 2. The van der Waals surface area contributed by atoms with Gasteiger partial charge in [0.05, 0.1) is 11.7 Å². The van der Waals surface area contributed by atoms with Crippen molar-refractivity contribution in [2.75, 3.05) is 11.9 Å². The minimum absolute atomic E-state index is 0.0279. The van der Waals surface area contributed by atoms with E-state index in [4.69, 9.17) is 4.52 Å². The van der Waals surface area contributed by atoms with Crippen LogP contribution in [0.1, 0.15) is 62.6 Å². The van der Waals surface area contributed by atoms with E-state index in [0.717, 1.165) is 42.9 Å². The number of amides is 2. The van der Waals surface area contributed by atoms with Gasteiger partial charge >= 0.3 is 6.03 Å². The number of hydrogen-bond acceptors (Lipinski definition) is 3. The zero-order chi connectivity index (χ0) is 17.1. The van der Waals surface area contributed by atoms with E-state index in [9.17, 15) is 4.79 Å². The fraction of sp³-hybridized carbons (Fsp3) is 0.474. The van der Waals surface area contributed by atoms with Crippen LogP contribution in [-0.4, -0.2) is 22.6 Å². The van der Waals surface area contributed by atoms with Gasteiger partial charge in [-0.3, -0.25) is 0 Å². The highest BCUT2D eigenvalue weighted by atomic mass is 16.5. The van der Waals surface area contributed by atoms with Crippen LogP contribution in [-0.2, 0) is 6.42 Å². The van der Waals surface area contributed by atoms with Gasteiger partial charge in [-0.25, -0.2) is 4.79 Å². The number of urea groups is 1. The number of hydrogen-bond donors (Lipinski definition) is 1. The second-order valence-electron chi connectivity index (χ2n) is 6.64. The molecule has 1 saturated heterocycles. The Labute approximate surface area is 143 Å². The zero-order valence-electron chi connectivity index (χ0n) is 14.6. The van der Waals surface area contributed by atoms with Crippen molar-refractivity contribution < 1.29 is 9.32 Å². The van der Waals surface area contributed by atoms with Crippen LogP contribution in [0, 0.1) is 0 Å². The molecule has 0 bridgehead atoms. The molecule has 0 spiro atoms. The molecular formula is C19H25N3O2. The Hall–Kier alpha value is -2.30. The van der Waals surface area contributed by atoms with Crippen LogP contribution >= 0.6 is 0 Å². The number of rotatable bonds is 4. The van der Waals surface area contributed by atoms with E-state index < -0.39 is 0 Å². The van der Waals surface area contributed by atoms with Crippen LogP contribution < -0.4 is 5.32 Å². The van der Waals surface area contributed by atoms with E-state index >= 15 is 0 Å². The molecule has 128 valence electrons. The van der Waals surface area contributed by atoms with Gasteiger partial charge in [0.1, 0.15) is 0 Å². The Kier molecular flexibility index (Phi) is 4.88. The number of anilines is 1. The molecule has 1 fully saturated rings. The summed E-state index contributed by atoms with van der Waals surface area (Å²) in [6.45, 7) is 7.02. The van der Waals surface area contributed by atoms with E-state index in [-0.39, 0.29) is 12.1 Å². The molecular weight excluding hydrogens is 302 g/mol. The standard InChI is InChI=1S/C19H25N3O2/c1-4-14-7-9-15(10-8-14)20-19(23)22-11-5-6-17(22)18-12-16(13(2)3)21-24-18/h7-10,12-13,17H,4-6,11H2,1-3H3,(H,20,23)/t17-/m0/s1. The summed E-state index contributed by atoms with van der Waals surface area (Å²) in [7, 11) is 0. The summed E-state index contributed by atoms with van der Waals surface area (Å²) in [6.07, 6.45) is 2.88. The van der Waals surface area contributed by atoms with Gasteiger partial charge in [0, 0.05) is 18.3 Å². The lowest BCUT2D eigenvalue weighted by molar-refractivity contribution is 0.195. The normalized spacial score (nSPS) is 17.5. The predicted octanol–water partition coefficient (Wildman–Crippen LogP) is 4.73. The molecule has 2 heterocycles. The average molecular weight is 327 g/mol. The summed E-state index contributed by atoms with van der Waals surface area (Å²) >= 11 is 0. The summed E-state index contributed by atoms with van der Waals surface area (Å²) in [5, 5.41) is 7.11. The first-order valence-corrected chi connectivity index (χ1v) is 8.71. The third-order valence-electron chi connectivity index (χ3n) is 4.59. The average Bonchev–Trinajstić information content (AvgIpc) is 3.24. The smallest absolute Gasteiger partial charge is 0.322 e. The van der Waals surface area contributed by atoms with Crippen molar-refractivity contribution in [3.05, 3.63) is 47.3 Å². The maximum Gasteiger partial charge on any atom is 0.322 e.